The number of aromatic nitrogens is 1. The molecule has 1 aromatic heterocycles. The van der Waals surface area contributed by atoms with Gasteiger partial charge in [0.25, 0.3) is 0 Å². The van der Waals surface area contributed by atoms with Gasteiger partial charge < -0.3 is 20.1 Å². The highest BCUT2D eigenvalue weighted by molar-refractivity contribution is 5.52. The summed E-state index contributed by atoms with van der Waals surface area (Å²) in [5, 5.41) is 0. The first-order chi connectivity index (χ1) is 8.85. The number of anilines is 1. The molecule has 0 radical (unpaired) electrons. The highest BCUT2D eigenvalue weighted by Gasteiger charge is 2.22. The van der Waals surface area contributed by atoms with E-state index in [0.717, 1.165) is 31.1 Å². The molecule has 1 saturated heterocycles. The third-order valence-corrected chi connectivity index (χ3v) is 2.91. The van der Waals surface area contributed by atoms with Crippen LogP contribution in [0.5, 0.6) is 5.75 Å². The fourth-order valence-electron chi connectivity index (χ4n) is 2.00. The van der Waals surface area contributed by atoms with Crippen LogP contribution in [0, 0.1) is 0 Å². The van der Waals surface area contributed by atoms with Crippen molar-refractivity contribution in [1.82, 2.24) is 4.98 Å². The average molecular weight is 251 g/mol. The van der Waals surface area contributed by atoms with Gasteiger partial charge in [-0.3, -0.25) is 0 Å². The quantitative estimate of drug-likeness (QED) is 0.847. The lowest BCUT2D eigenvalue weighted by molar-refractivity contribution is 0.0461. The zero-order chi connectivity index (χ0) is 12.8. The SMILES string of the molecule is CCCOc1cccnc1N1CCOC(CN)C1. The van der Waals surface area contributed by atoms with Gasteiger partial charge in [-0.05, 0) is 18.6 Å². The van der Waals surface area contributed by atoms with Gasteiger partial charge in [-0.15, -0.1) is 0 Å². The van der Waals surface area contributed by atoms with Crippen LogP contribution in [0.1, 0.15) is 13.3 Å². The van der Waals surface area contributed by atoms with E-state index in [4.69, 9.17) is 15.2 Å². The van der Waals surface area contributed by atoms with Crippen LogP contribution in [-0.2, 0) is 4.74 Å². The van der Waals surface area contributed by atoms with Crippen LogP contribution in [0.3, 0.4) is 0 Å². The number of rotatable bonds is 5. The van der Waals surface area contributed by atoms with Gasteiger partial charge in [0.15, 0.2) is 11.6 Å². The molecule has 5 nitrogen and oxygen atoms in total. The Morgan fingerprint density at radius 2 is 2.50 bits per heavy atom. The summed E-state index contributed by atoms with van der Waals surface area (Å²) >= 11 is 0. The van der Waals surface area contributed by atoms with Gasteiger partial charge in [0.2, 0.25) is 0 Å². The molecule has 0 aliphatic carbocycles. The summed E-state index contributed by atoms with van der Waals surface area (Å²) in [6.07, 6.45) is 2.86. The molecule has 1 unspecified atom stereocenters. The summed E-state index contributed by atoms with van der Waals surface area (Å²) in [5.41, 5.74) is 5.66. The molecule has 100 valence electrons. The average Bonchev–Trinajstić information content (AvgIpc) is 2.45. The molecular formula is C13H21N3O2. The van der Waals surface area contributed by atoms with E-state index < -0.39 is 0 Å². The predicted molar refractivity (Wildman–Crippen MR) is 71.0 cm³/mol. The molecule has 1 aliphatic rings. The molecule has 0 aromatic carbocycles. The number of pyridine rings is 1. The molecule has 1 atom stereocenters. The summed E-state index contributed by atoms with van der Waals surface area (Å²) < 4.78 is 11.3. The molecule has 2 heterocycles. The van der Waals surface area contributed by atoms with E-state index in [1.54, 1.807) is 6.20 Å². The van der Waals surface area contributed by atoms with Gasteiger partial charge in [-0.2, -0.15) is 0 Å². The largest absolute Gasteiger partial charge is 0.490 e. The Hall–Kier alpha value is -1.33. The second-order valence-corrected chi connectivity index (χ2v) is 4.35. The first-order valence-electron chi connectivity index (χ1n) is 6.49. The molecule has 2 rings (SSSR count). The summed E-state index contributed by atoms with van der Waals surface area (Å²) in [6.45, 7) is 5.63. The van der Waals surface area contributed by atoms with Crippen molar-refractivity contribution < 1.29 is 9.47 Å². The Bertz CT molecular complexity index is 373. The van der Waals surface area contributed by atoms with Gasteiger partial charge in [-0.1, -0.05) is 6.92 Å². The minimum atomic E-state index is 0.0831. The molecule has 1 aromatic rings. The summed E-state index contributed by atoms with van der Waals surface area (Å²) in [7, 11) is 0. The standard InChI is InChI=1S/C13H21N3O2/c1-2-7-18-12-4-3-5-15-13(12)16-6-8-17-11(9-14)10-16/h3-5,11H,2,6-10,14H2,1H3. The van der Waals surface area contributed by atoms with E-state index in [2.05, 4.69) is 16.8 Å². The van der Waals surface area contributed by atoms with Gasteiger partial charge in [0, 0.05) is 25.8 Å². The minimum absolute atomic E-state index is 0.0831. The Kier molecular flexibility index (Phi) is 4.78. The van der Waals surface area contributed by atoms with Gasteiger partial charge >= 0.3 is 0 Å². The van der Waals surface area contributed by atoms with Crippen molar-refractivity contribution in [3.63, 3.8) is 0 Å². The van der Waals surface area contributed by atoms with E-state index in [1.165, 1.54) is 0 Å². The molecule has 2 N–H and O–H groups in total. The highest BCUT2D eigenvalue weighted by atomic mass is 16.5. The van der Waals surface area contributed by atoms with Crippen LogP contribution in [0.25, 0.3) is 0 Å². The number of ether oxygens (including phenoxy) is 2. The van der Waals surface area contributed by atoms with Crippen molar-refractivity contribution >= 4 is 5.82 Å². The Balaban J connectivity index is 2.11. The second-order valence-electron chi connectivity index (χ2n) is 4.35. The maximum Gasteiger partial charge on any atom is 0.171 e. The first kappa shape index (κ1) is 13.1. The number of hydrogen-bond acceptors (Lipinski definition) is 5. The topological polar surface area (TPSA) is 60.6 Å². The van der Waals surface area contributed by atoms with E-state index in [-0.39, 0.29) is 6.10 Å². The smallest absolute Gasteiger partial charge is 0.171 e. The third kappa shape index (κ3) is 3.11. The Morgan fingerprint density at radius 1 is 1.61 bits per heavy atom. The first-order valence-corrected chi connectivity index (χ1v) is 6.49. The maximum absolute atomic E-state index is 5.73. The molecule has 0 saturated carbocycles. The zero-order valence-corrected chi connectivity index (χ0v) is 10.8. The number of nitrogens with zero attached hydrogens (tertiary/aromatic N) is 2. The summed E-state index contributed by atoms with van der Waals surface area (Å²) in [5.74, 6) is 1.74. The normalized spacial score (nSPS) is 19.9. The molecule has 1 fully saturated rings. The predicted octanol–water partition coefficient (Wildman–Crippen LogP) is 1.03. The maximum atomic E-state index is 5.73. The van der Waals surface area contributed by atoms with Crippen molar-refractivity contribution in [3.05, 3.63) is 18.3 Å². The van der Waals surface area contributed by atoms with Crippen LogP contribution in [0.4, 0.5) is 5.82 Å². The number of morpholine rings is 1. The van der Waals surface area contributed by atoms with Gasteiger partial charge in [-0.25, -0.2) is 4.98 Å². The van der Waals surface area contributed by atoms with Crippen molar-refractivity contribution in [2.45, 2.75) is 19.4 Å². The van der Waals surface area contributed by atoms with Crippen molar-refractivity contribution in [3.8, 4) is 5.75 Å². The Morgan fingerprint density at radius 3 is 3.28 bits per heavy atom. The second kappa shape index (κ2) is 6.56. The van der Waals surface area contributed by atoms with Crippen LogP contribution >= 0.6 is 0 Å². The minimum Gasteiger partial charge on any atom is -0.490 e. The molecular weight excluding hydrogens is 230 g/mol. The van der Waals surface area contributed by atoms with Crippen LogP contribution in [-0.4, -0.2) is 43.9 Å². The van der Waals surface area contributed by atoms with Gasteiger partial charge in [0.05, 0.1) is 19.3 Å². The third-order valence-electron chi connectivity index (χ3n) is 2.91. The number of hydrogen-bond donors (Lipinski definition) is 1. The molecule has 0 spiro atoms. The Labute approximate surface area is 108 Å². The van der Waals surface area contributed by atoms with E-state index in [9.17, 15) is 0 Å². The monoisotopic (exact) mass is 251 g/mol. The van der Waals surface area contributed by atoms with E-state index >= 15 is 0 Å². The van der Waals surface area contributed by atoms with Crippen molar-refractivity contribution in [2.75, 3.05) is 37.7 Å². The van der Waals surface area contributed by atoms with Gasteiger partial charge in [0.1, 0.15) is 0 Å². The summed E-state index contributed by atoms with van der Waals surface area (Å²) in [6, 6.07) is 3.86. The molecule has 0 amide bonds. The number of nitrogens with two attached hydrogens (primary N) is 1. The van der Waals surface area contributed by atoms with E-state index in [0.29, 0.717) is 19.8 Å². The lowest BCUT2D eigenvalue weighted by atomic mass is 10.2. The van der Waals surface area contributed by atoms with Crippen LogP contribution in [0.15, 0.2) is 18.3 Å². The zero-order valence-electron chi connectivity index (χ0n) is 10.8. The van der Waals surface area contributed by atoms with Crippen LogP contribution in [0.2, 0.25) is 0 Å². The fourth-order valence-corrected chi connectivity index (χ4v) is 2.00. The van der Waals surface area contributed by atoms with Crippen molar-refractivity contribution in [2.24, 2.45) is 5.73 Å². The summed E-state index contributed by atoms with van der Waals surface area (Å²) in [4.78, 5) is 6.62. The fraction of sp³-hybridized carbons (Fsp3) is 0.615. The van der Waals surface area contributed by atoms with E-state index in [1.807, 2.05) is 12.1 Å². The molecule has 1 aliphatic heterocycles. The lowest BCUT2D eigenvalue weighted by Crippen LogP contribution is -2.46. The van der Waals surface area contributed by atoms with Crippen LogP contribution < -0.4 is 15.4 Å². The molecule has 0 bridgehead atoms. The highest BCUT2D eigenvalue weighted by Crippen LogP contribution is 2.26. The van der Waals surface area contributed by atoms with Crippen molar-refractivity contribution in [1.29, 1.82) is 0 Å². The molecule has 5 heteroatoms. The molecule has 18 heavy (non-hydrogen) atoms. The lowest BCUT2D eigenvalue weighted by Gasteiger charge is -2.33.